The van der Waals surface area contributed by atoms with Crippen LogP contribution in [0.4, 0.5) is 5.69 Å². The van der Waals surface area contributed by atoms with Crippen LogP contribution < -0.4 is 5.73 Å². The maximum absolute atomic E-state index is 5.83. The molecule has 0 bridgehead atoms. The molecule has 0 fully saturated rings. The zero-order valence-corrected chi connectivity index (χ0v) is 8.24. The molecular formula is C11H12N2O. The summed E-state index contributed by atoms with van der Waals surface area (Å²) in [7, 11) is 0. The third-order valence-electron chi connectivity index (χ3n) is 2.34. The van der Waals surface area contributed by atoms with Crippen LogP contribution in [0, 0.1) is 13.8 Å². The molecule has 0 saturated carbocycles. The highest BCUT2D eigenvalue weighted by atomic mass is 16.5. The van der Waals surface area contributed by atoms with Gasteiger partial charge in [0.1, 0.15) is 5.76 Å². The summed E-state index contributed by atoms with van der Waals surface area (Å²) >= 11 is 0. The molecule has 3 nitrogen and oxygen atoms in total. The number of nitrogen functional groups attached to an aromatic ring is 1. The smallest absolute Gasteiger partial charge is 0.141 e. The minimum absolute atomic E-state index is 0.795. The summed E-state index contributed by atoms with van der Waals surface area (Å²) in [6.45, 7) is 3.87. The first-order chi connectivity index (χ1) is 6.68. The lowest BCUT2D eigenvalue weighted by Crippen LogP contribution is -1.89. The Morgan fingerprint density at radius 3 is 2.64 bits per heavy atom. The third-order valence-corrected chi connectivity index (χ3v) is 2.34. The van der Waals surface area contributed by atoms with Crippen LogP contribution in [0.15, 0.2) is 28.9 Å². The summed E-state index contributed by atoms with van der Waals surface area (Å²) in [4.78, 5) is 0. The molecule has 14 heavy (non-hydrogen) atoms. The van der Waals surface area contributed by atoms with Crippen LogP contribution in [-0.2, 0) is 0 Å². The number of nitrogens with two attached hydrogens (primary N) is 1. The maximum atomic E-state index is 5.83. The van der Waals surface area contributed by atoms with Crippen LogP contribution in [0.5, 0.6) is 0 Å². The molecule has 2 N–H and O–H groups in total. The van der Waals surface area contributed by atoms with Crippen LogP contribution in [0.1, 0.15) is 11.3 Å². The van der Waals surface area contributed by atoms with Gasteiger partial charge in [0.2, 0.25) is 0 Å². The van der Waals surface area contributed by atoms with Crippen molar-refractivity contribution < 1.29 is 4.52 Å². The van der Waals surface area contributed by atoms with E-state index in [0.29, 0.717) is 0 Å². The SMILES string of the molecule is Cc1ccc(-c2cnoc2C)cc1N. The predicted octanol–water partition coefficient (Wildman–Crippen LogP) is 2.54. The first-order valence-electron chi connectivity index (χ1n) is 4.46. The highest BCUT2D eigenvalue weighted by molar-refractivity contribution is 5.69. The molecule has 2 aromatic rings. The molecule has 2 rings (SSSR count). The van der Waals surface area contributed by atoms with Crippen molar-refractivity contribution in [1.82, 2.24) is 5.16 Å². The van der Waals surface area contributed by atoms with Gasteiger partial charge in [-0.3, -0.25) is 0 Å². The Bertz CT molecular complexity index is 460. The topological polar surface area (TPSA) is 52.0 Å². The normalized spacial score (nSPS) is 10.4. The van der Waals surface area contributed by atoms with E-state index in [1.807, 2.05) is 32.0 Å². The first kappa shape index (κ1) is 8.81. The summed E-state index contributed by atoms with van der Waals surface area (Å²) in [5.41, 5.74) is 9.75. The Labute approximate surface area is 82.5 Å². The number of aryl methyl sites for hydroxylation is 2. The number of hydrogen-bond donors (Lipinski definition) is 1. The van der Waals surface area contributed by atoms with E-state index in [-0.39, 0.29) is 0 Å². The molecule has 0 aliphatic rings. The second-order valence-electron chi connectivity index (χ2n) is 3.37. The van der Waals surface area contributed by atoms with Crippen LogP contribution >= 0.6 is 0 Å². The summed E-state index contributed by atoms with van der Waals surface area (Å²) < 4.78 is 5.00. The zero-order valence-electron chi connectivity index (χ0n) is 8.24. The third kappa shape index (κ3) is 1.37. The van der Waals surface area contributed by atoms with E-state index in [1.54, 1.807) is 6.20 Å². The van der Waals surface area contributed by atoms with Gasteiger partial charge in [-0.05, 0) is 31.0 Å². The van der Waals surface area contributed by atoms with E-state index in [2.05, 4.69) is 5.16 Å². The molecule has 3 heteroatoms. The Hall–Kier alpha value is -1.77. The van der Waals surface area contributed by atoms with Crippen LogP contribution in [0.25, 0.3) is 11.1 Å². The molecule has 1 heterocycles. The number of aromatic nitrogens is 1. The highest BCUT2D eigenvalue weighted by Gasteiger charge is 2.06. The number of rotatable bonds is 1. The van der Waals surface area contributed by atoms with Gasteiger partial charge < -0.3 is 10.3 Å². The molecule has 0 radical (unpaired) electrons. The van der Waals surface area contributed by atoms with Crippen molar-refractivity contribution in [3.05, 3.63) is 35.7 Å². The van der Waals surface area contributed by atoms with Gasteiger partial charge in [-0.2, -0.15) is 0 Å². The van der Waals surface area contributed by atoms with Crippen LogP contribution in [0.3, 0.4) is 0 Å². The molecule has 1 aromatic heterocycles. The molecule has 0 unspecified atom stereocenters. The Morgan fingerprint density at radius 1 is 1.29 bits per heavy atom. The summed E-state index contributed by atoms with van der Waals surface area (Å²) in [6, 6.07) is 5.96. The lowest BCUT2D eigenvalue weighted by molar-refractivity contribution is 0.398. The predicted molar refractivity (Wildman–Crippen MR) is 55.8 cm³/mol. The maximum Gasteiger partial charge on any atom is 0.141 e. The molecule has 0 aliphatic carbocycles. The van der Waals surface area contributed by atoms with Gasteiger partial charge in [-0.25, -0.2) is 0 Å². The standard InChI is InChI=1S/C11H12N2O/c1-7-3-4-9(5-11(7)12)10-6-13-14-8(10)2/h3-6H,12H2,1-2H3. The lowest BCUT2D eigenvalue weighted by atomic mass is 10.0. The Kier molecular flexibility index (Phi) is 2.00. The number of hydrogen-bond acceptors (Lipinski definition) is 3. The molecule has 0 amide bonds. The van der Waals surface area contributed by atoms with E-state index in [4.69, 9.17) is 10.3 Å². The highest BCUT2D eigenvalue weighted by Crippen LogP contribution is 2.25. The van der Waals surface area contributed by atoms with Crippen molar-refractivity contribution >= 4 is 5.69 Å². The monoisotopic (exact) mass is 188 g/mol. The van der Waals surface area contributed by atoms with E-state index in [9.17, 15) is 0 Å². The van der Waals surface area contributed by atoms with Crippen molar-refractivity contribution in [1.29, 1.82) is 0 Å². The van der Waals surface area contributed by atoms with Crippen molar-refractivity contribution in [2.45, 2.75) is 13.8 Å². The molecular weight excluding hydrogens is 176 g/mol. The van der Waals surface area contributed by atoms with Gasteiger partial charge in [-0.1, -0.05) is 17.3 Å². The van der Waals surface area contributed by atoms with Gasteiger partial charge in [-0.15, -0.1) is 0 Å². The van der Waals surface area contributed by atoms with Crippen molar-refractivity contribution in [2.75, 3.05) is 5.73 Å². The van der Waals surface area contributed by atoms with Gasteiger partial charge in [0, 0.05) is 11.3 Å². The van der Waals surface area contributed by atoms with Gasteiger partial charge >= 0.3 is 0 Å². The number of anilines is 1. The molecule has 72 valence electrons. The molecule has 0 spiro atoms. The molecule has 0 atom stereocenters. The van der Waals surface area contributed by atoms with Crippen molar-refractivity contribution in [3.63, 3.8) is 0 Å². The quantitative estimate of drug-likeness (QED) is 0.699. The fourth-order valence-corrected chi connectivity index (χ4v) is 1.38. The van der Waals surface area contributed by atoms with Crippen LogP contribution in [-0.4, -0.2) is 5.16 Å². The van der Waals surface area contributed by atoms with Crippen molar-refractivity contribution in [2.24, 2.45) is 0 Å². The molecule has 0 saturated heterocycles. The van der Waals surface area contributed by atoms with E-state index < -0.39 is 0 Å². The van der Waals surface area contributed by atoms with Gasteiger partial charge in [0.05, 0.1) is 6.20 Å². The second-order valence-corrected chi connectivity index (χ2v) is 3.37. The summed E-state index contributed by atoms with van der Waals surface area (Å²) in [6.07, 6.45) is 1.71. The minimum atomic E-state index is 0.795. The summed E-state index contributed by atoms with van der Waals surface area (Å²) in [5, 5.41) is 3.73. The summed E-state index contributed by atoms with van der Waals surface area (Å²) in [5.74, 6) is 0.813. The van der Waals surface area contributed by atoms with Crippen molar-refractivity contribution in [3.8, 4) is 11.1 Å². The molecule has 0 aliphatic heterocycles. The second kappa shape index (κ2) is 3.18. The van der Waals surface area contributed by atoms with Gasteiger partial charge in [0.15, 0.2) is 0 Å². The van der Waals surface area contributed by atoms with E-state index >= 15 is 0 Å². The average molecular weight is 188 g/mol. The molecule has 1 aromatic carbocycles. The van der Waals surface area contributed by atoms with Crippen LogP contribution in [0.2, 0.25) is 0 Å². The number of nitrogens with zero attached hydrogens (tertiary/aromatic N) is 1. The first-order valence-corrected chi connectivity index (χ1v) is 4.46. The van der Waals surface area contributed by atoms with Gasteiger partial charge in [0.25, 0.3) is 0 Å². The Morgan fingerprint density at radius 2 is 2.07 bits per heavy atom. The zero-order chi connectivity index (χ0) is 10.1. The largest absolute Gasteiger partial charge is 0.398 e. The fourth-order valence-electron chi connectivity index (χ4n) is 1.38. The number of benzene rings is 1. The van der Waals surface area contributed by atoms with E-state index in [0.717, 1.165) is 28.1 Å². The lowest BCUT2D eigenvalue weighted by Gasteiger charge is -2.02. The fraction of sp³-hybridized carbons (Fsp3) is 0.182. The minimum Gasteiger partial charge on any atom is -0.398 e. The van der Waals surface area contributed by atoms with E-state index in [1.165, 1.54) is 0 Å². The average Bonchev–Trinajstić information content (AvgIpc) is 2.57. The Balaban J connectivity index is 2.53.